The molecule has 0 radical (unpaired) electrons. The SMILES string of the molecule is Nc1sccc1C(Cc1ccc(O[C@@H]2CCC[C@H]2O)nc1)S(=O)(=O)Oc1ccc(N(CCCl)CCCl)cc1. The molecule has 3 aromatic rings. The summed E-state index contributed by atoms with van der Waals surface area (Å²) in [6.45, 7) is 1.23. The molecule has 206 valence electrons. The van der Waals surface area contributed by atoms with Gasteiger partial charge in [-0.15, -0.1) is 34.5 Å². The molecule has 1 saturated carbocycles. The first kappa shape index (κ1) is 28.8. The summed E-state index contributed by atoms with van der Waals surface area (Å²) in [5, 5.41) is 11.1. The quantitative estimate of drug-likeness (QED) is 0.208. The van der Waals surface area contributed by atoms with E-state index in [1.165, 1.54) is 11.3 Å². The van der Waals surface area contributed by atoms with Crippen molar-refractivity contribution < 1.29 is 22.4 Å². The third-order valence-electron chi connectivity index (χ3n) is 6.45. The van der Waals surface area contributed by atoms with E-state index in [2.05, 4.69) is 4.98 Å². The largest absolute Gasteiger partial charge is 0.472 e. The van der Waals surface area contributed by atoms with Crippen molar-refractivity contribution in [3.63, 3.8) is 0 Å². The fourth-order valence-corrected chi connectivity index (χ4v) is 7.06. The molecule has 0 saturated heterocycles. The molecule has 2 heterocycles. The summed E-state index contributed by atoms with van der Waals surface area (Å²) in [5.74, 6) is 1.47. The zero-order valence-corrected chi connectivity index (χ0v) is 23.9. The highest BCUT2D eigenvalue weighted by Crippen LogP contribution is 2.36. The average Bonchev–Trinajstić information content (AvgIpc) is 3.51. The number of hydrogen-bond acceptors (Lipinski definition) is 9. The fourth-order valence-electron chi connectivity index (χ4n) is 4.46. The zero-order valence-electron chi connectivity index (χ0n) is 20.7. The molecule has 12 heteroatoms. The Hall–Kier alpha value is -2.24. The van der Waals surface area contributed by atoms with Crippen LogP contribution in [0.3, 0.4) is 0 Å². The molecule has 0 amide bonds. The van der Waals surface area contributed by atoms with Gasteiger partial charge in [-0.05, 0) is 67.0 Å². The van der Waals surface area contributed by atoms with Gasteiger partial charge in [-0.3, -0.25) is 0 Å². The average molecular weight is 601 g/mol. The van der Waals surface area contributed by atoms with Crippen LogP contribution >= 0.6 is 34.5 Å². The zero-order chi connectivity index (χ0) is 27.1. The molecular weight excluding hydrogens is 569 g/mol. The number of alkyl halides is 2. The molecule has 1 aromatic carbocycles. The van der Waals surface area contributed by atoms with Crippen LogP contribution in [0.2, 0.25) is 0 Å². The molecule has 8 nitrogen and oxygen atoms in total. The Morgan fingerprint density at radius 3 is 2.39 bits per heavy atom. The number of rotatable bonds is 13. The topological polar surface area (TPSA) is 115 Å². The van der Waals surface area contributed by atoms with E-state index in [0.29, 0.717) is 53.3 Å². The minimum absolute atomic E-state index is 0.111. The lowest BCUT2D eigenvalue weighted by Gasteiger charge is -2.23. The molecule has 3 atom stereocenters. The van der Waals surface area contributed by atoms with Gasteiger partial charge in [-0.1, -0.05) is 6.07 Å². The normalized spacial score (nSPS) is 18.3. The standard InChI is InChI=1S/C26H31Cl2N3O5S2/c27-11-13-31(14-12-28)19-5-7-20(8-6-19)36-38(33,34)24(21-10-15-37-26(21)29)16-18-4-9-25(30-17-18)35-23-3-1-2-22(23)32/h4-10,15,17,22-24,32H,1-3,11-14,16,29H2/t22-,23-,24?/m1/s1. The smallest absolute Gasteiger partial charge is 0.316 e. The number of halogens is 2. The predicted octanol–water partition coefficient (Wildman–Crippen LogP) is 4.99. The Morgan fingerprint density at radius 1 is 1.11 bits per heavy atom. The number of pyridine rings is 1. The number of nitrogen functional groups attached to an aromatic ring is 1. The van der Waals surface area contributed by atoms with E-state index < -0.39 is 21.5 Å². The van der Waals surface area contributed by atoms with Crippen molar-refractivity contribution >= 4 is 55.3 Å². The number of nitrogens with two attached hydrogens (primary N) is 1. The van der Waals surface area contributed by atoms with Gasteiger partial charge in [0.25, 0.3) is 0 Å². The molecule has 38 heavy (non-hydrogen) atoms. The van der Waals surface area contributed by atoms with Crippen LogP contribution in [0, 0.1) is 0 Å². The highest BCUT2D eigenvalue weighted by Gasteiger charge is 2.32. The molecule has 1 aliphatic carbocycles. The van der Waals surface area contributed by atoms with E-state index in [1.807, 2.05) is 4.90 Å². The summed E-state index contributed by atoms with van der Waals surface area (Å²) < 4.78 is 38.4. The summed E-state index contributed by atoms with van der Waals surface area (Å²) >= 11 is 13.1. The van der Waals surface area contributed by atoms with Crippen molar-refractivity contribution in [2.45, 2.75) is 43.1 Å². The molecule has 0 spiro atoms. The molecule has 4 rings (SSSR count). The molecule has 1 aliphatic rings. The number of hydrogen-bond donors (Lipinski definition) is 2. The third-order valence-corrected chi connectivity index (χ3v) is 9.10. The van der Waals surface area contributed by atoms with Crippen LogP contribution in [0.5, 0.6) is 11.6 Å². The van der Waals surface area contributed by atoms with Crippen LogP contribution in [-0.4, -0.2) is 55.6 Å². The van der Waals surface area contributed by atoms with E-state index in [1.54, 1.807) is 54.0 Å². The Morgan fingerprint density at radius 2 is 1.84 bits per heavy atom. The fraction of sp³-hybridized carbons (Fsp3) is 0.423. The summed E-state index contributed by atoms with van der Waals surface area (Å²) in [6.07, 6.45) is 3.32. The maximum Gasteiger partial charge on any atom is 0.316 e. The number of aliphatic hydroxyl groups excluding tert-OH is 1. The number of benzene rings is 1. The van der Waals surface area contributed by atoms with Crippen molar-refractivity contribution in [1.29, 1.82) is 0 Å². The highest BCUT2D eigenvalue weighted by atomic mass is 35.5. The number of anilines is 2. The van der Waals surface area contributed by atoms with Crippen molar-refractivity contribution in [3.8, 4) is 11.6 Å². The van der Waals surface area contributed by atoms with Crippen molar-refractivity contribution in [1.82, 2.24) is 4.98 Å². The Balaban J connectivity index is 1.51. The van der Waals surface area contributed by atoms with E-state index >= 15 is 0 Å². The second-order valence-electron chi connectivity index (χ2n) is 9.03. The van der Waals surface area contributed by atoms with Gasteiger partial charge < -0.3 is 24.7 Å². The van der Waals surface area contributed by atoms with Crippen molar-refractivity contribution in [2.24, 2.45) is 0 Å². The third kappa shape index (κ3) is 7.24. The highest BCUT2D eigenvalue weighted by molar-refractivity contribution is 7.87. The number of nitrogens with zero attached hydrogens (tertiary/aromatic N) is 2. The summed E-state index contributed by atoms with van der Waals surface area (Å²) in [5.41, 5.74) is 8.17. The first-order chi connectivity index (χ1) is 18.3. The molecule has 2 aromatic heterocycles. The van der Waals surface area contributed by atoms with Crippen LogP contribution in [0.1, 0.15) is 35.6 Å². The molecular formula is C26H31Cl2N3O5S2. The van der Waals surface area contributed by atoms with Gasteiger partial charge in [0.05, 0.1) is 11.1 Å². The van der Waals surface area contributed by atoms with E-state index in [-0.39, 0.29) is 18.3 Å². The molecule has 0 aliphatic heterocycles. The number of ether oxygens (including phenoxy) is 1. The van der Waals surface area contributed by atoms with Gasteiger partial charge in [0.1, 0.15) is 17.1 Å². The van der Waals surface area contributed by atoms with Gasteiger partial charge >= 0.3 is 10.1 Å². The van der Waals surface area contributed by atoms with Crippen LogP contribution in [-0.2, 0) is 16.5 Å². The second-order valence-corrected chi connectivity index (χ2v) is 12.5. The Bertz CT molecular complexity index is 1270. The summed E-state index contributed by atoms with van der Waals surface area (Å²) in [6, 6.07) is 11.9. The number of thiophene rings is 1. The van der Waals surface area contributed by atoms with Crippen molar-refractivity contribution in [3.05, 3.63) is 65.2 Å². The Kier molecular flexibility index (Phi) is 10.00. The van der Waals surface area contributed by atoms with E-state index in [4.69, 9.17) is 37.9 Å². The van der Waals surface area contributed by atoms with Crippen molar-refractivity contribution in [2.75, 3.05) is 35.5 Å². The molecule has 1 fully saturated rings. The lowest BCUT2D eigenvalue weighted by molar-refractivity contribution is 0.0574. The maximum absolute atomic E-state index is 13.5. The first-order valence-corrected chi connectivity index (χ1v) is 15.8. The van der Waals surface area contributed by atoms with Gasteiger partial charge in [-0.2, -0.15) is 8.42 Å². The lowest BCUT2D eigenvalue weighted by Crippen LogP contribution is -2.27. The van der Waals surface area contributed by atoms with Crippen LogP contribution in [0.4, 0.5) is 10.7 Å². The van der Waals surface area contributed by atoms with Gasteiger partial charge in [-0.25, -0.2) is 4.98 Å². The van der Waals surface area contributed by atoms with Gasteiger partial charge in [0.15, 0.2) is 0 Å². The van der Waals surface area contributed by atoms with Crippen LogP contribution in [0.15, 0.2) is 54.0 Å². The monoisotopic (exact) mass is 599 g/mol. The molecule has 0 bridgehead atoms. The first-order valence-electron chi connectivity index (χ1n) is 12.3. The van der Waals surface area contributed by atoms with Gasteiger partial charge in [0.2, 0.25) is 5.88 Å². The van der Waals surface area contributed by atoms with E-state index in [9.17, 15) is 13.5 Å². The Labute approximate surface area is 237 Å². The number of aromatic nitrogens is 1. The minimum atomic E-state index is -4.13. The molecule has 1 unspecified atom stereocenters. The van der Waals surface area contributed by atoms with Crippen LogP contribution < -0.4 is 19.6 Å². The maximum atomic E-state index is 13.5. The predicted molar refractivity (Wildman–Crippen MR) is 153 cm³/mol. The summed E-state index contributed by atoms with van der Waals surface area (Å²) in [7, 11) is -4.13. The number of aliphatic hydroxyl groups is 1. The summed E-state index contributed by atoms with van der Waals surface area (Å²) in [4.78, 5) is 6.35. The molecule has 3 N–H and O–H groups in total. The lowest BCUT2D eigenvalue weighted by atomic mass is 10.1. The van der Waals surface area contributed by atoms with E-state index in [0.717, 1.165) is 18.5 Å². The van der Waals surface area contributed by atoms with Gasteiger partial charge in [0, 0.05) is 48.4 Å². The van der Waals surface area contributed by atoms with Crippen LogP contribution in [0.25, 0.3) is 0 Å². The minimum Gasteiger partial charge on any atom is -0.472 e. The second kappa shape index (κ2) is 13.2.